The van der Waals surface area contributed by atoms with E-state index in [1.165, 1.54) is 0 Å². The number of ether oxygens (including phenoxy) is 3. The van der Waals surface area contributed by atoms with Crippen LogP contribution in [0.5, 0.6) is 17.2 Å². The van der Waals surface area contributed by atoms with Crippen LogP contribution in [0, 0.1) is 6.92 Å². The SMILES string of the molecule is COc1ccc(S(=O)(=O)NCC(C)(C)c2ccc(OC)c(OC)c2)c(C)c1. The van der Waals surface area contributed by atoms with Crippen LogP contribution < -0.4 is 18.9 Å². The molecule has 2 aromatic rings. The van der Waals surface area contributed by atoms with Gasteiger partial charge in [0.05, 0.1) is 26.2 Å². The maximum atomic E-state index is 12.8. The van der Waals surface area contributed by atoms with Crippen molar-refractivity contribution in [3.8, 4) is 17.2 Å². The third-order valence-electron chi connectivity index (χ3n) is 4.54. The summed E-state index contributed by atoms with van der Waals surface area (Å²) in [4.78, 5) is 0.242. The summed E-state index contributed by atoms with van der Waals surface area (Å²) < 4.78 is 44.0. The molecule has 0 aliphatic carbocycles. The van der Waals surface area contributed by atoms with Gasteiger partial charge in [0, 0.05) is 12.0 Å². The largest absolute Gasteiger partial charge is 0.497 e. The Hall–Kier alpha value is -2.25. The van der Waals surface area contributed by atoms with Crippen LogP contribution >= 0.6 is 0 Å². The highest BCUT2D eigenvalue weighted by Gasteiger charge is 2.26. The van der Waals surface area contributed by atoms with E-state index in [2.05, 4.69) is 4.72 Å². The Morgan fingerprint density at radius 3 is 2.15 bits per heavy atom. The molecule has 27 heavy (non-hydrogen) atoms. The second-order valence-corrected chi connectivity index (χ2v) is 8.64. The van der Waals surface area contributed by atoms with Crippen molar-refractivity contribution in [1.29, 1.82) is 0 Å². The van der Waals surface area contributed by atoms with E-state index in [0.29, 0.717) is 22.8 Å². The van der Waals surface area contributed by atoms with Gasteiger partial charge in [0.2, 0.25) is 10.0 Å². The molecule has 0 aliphatic heterocycles. The molecule has 148 valence electrons. The van der Waals surface area contributed by atoms with Crippen LogP contribution in [0.3, 0.4) is 0 Å². The number of hydrogen-bond donors (Lipinski definition) is 1. The van der Waals surface area contributed by atoms with Gasteiger partial charge in [-0.2, -0.15) is 0 Å². The van der Waals surface area contributed by atoms with Gasteiger partial charge in [-0.3, -0.25) is 0 Å². The van der Waals surface area contributed by atoms with Crippen LogP contribution in [0.4, 0.5) is 0 Å². The lowest BCUT2D eigenvalue weighted by Crippen LogP contribution is -2.37. The molecule has 0 amide bonds. The summed E-state index contributed by atoms with van der Waals surface area (Å²) in [6.07, 6.45) is 0. The summed E-state index contributed by atoms with van der Waals surface area (Å²) in [5.41, 5.74) is 1.12. The first-order chi connectivity index (χ1) is 12.6. The van der Waals surface area contributed by atoms with E-state index in [4.69, 9.17) is 14.2 Å². The highest BCUT2D eigenvalue weighted by atomic mass is 32.2. The Labute approximate surface area is 161 Å². The molecule has 0 unspecified atom stereocenters. The summed E-state index contributed by atoms with van der Waals surface area (Å²) in [7, 11) is 1.05. The lowest BCUT2D eigenvalue weighted by molar-refractivity contribution is 0.353. The van der Waals surface area contributed by atoms with Crippen molar-refractivity contribution in [2.24, 2.45) is 0 Å². The van der Waals surface area contributed by atoms with Crippen LogP contribution in [0.2, 0.25) is 0 Å². The van der Waals surface area contributed by atoms with Crippen molar-refractivity contribution in [2.45, 2.75) is 31.1 Å². The lowest BCUT2D eigenvalue weighted by Gasteiger charge is -2.26. The van der Waals surface area contributed by atoms with E-state index in [1.807, 2.05) is 32.0 Å². The summed E-state index contributed by atoms with van der Waals surface area (Å²) in [6, 6.07) is 10.5. The monoisotopic (exact) mass is 393 g/mol. The molecule has 2 rings (SSSR count). The van der Waals surface area contributed by atoms with Crippen molar-refractivity contribution in [1.82, 2.24) is 4.72 Å². The molecule has 0 spiro atoms. The van der Waals surface area contributed by atoms with Gasteiger partial charge in [-0.1, -0.05) is 19.9 Å². The second kappa shape index (κ2) is 8.19. The van der Waals surface area contributed by atoms with Crippen molar-refractivity contribution in [2.75, 3.05) is 27.9 Å². The van der Waals surface area contributed by atoms with Gasteiger partial charge in [0.15, 0.2) is 11.5 Å². The molecule has 7 heteroatoms. The summed E-state index contributed by atoms with van der Waals surface area (Å²) >= 11 is 0. The maximum absolute atomic E-state index is 12.8. The number of benzene rings is 2. The third kappa shape index (κ3) is 4.73. The topological polar surface area (TPSA) is 73.9 Å². The molecule has 0 heterocycles. The van der Waals surface area contributed by atoms with Crippen LogP contribution in [0.1, 0.15) is 25.0 Å². The molecule has 0 saturated carbocycles. The normalized spacial score (nSPS) is 11.9. The first-order valence-electron chi connectivity index (χ1n) is 8.51. The van der Waals surface area contributed by atoms with Gasteiger partial charge in [-0.25, -0.2) is 13.1 Å². The summed E-state index contributed by atoms with van der Waals surface area (Å²) in [5.74, 6) is 1.86. The number of nitrogens with one attached hydrogen (secondary N) is 1. The van der Waals surface area contributed by atoms with Crippen LogP contribution in [-0.4, -0.2) is 36.3 Å². The predicted molar refractivity (Wildman–Crippen MR) is 105 cm³/mol. The Morgan fingerprint density at radius 2 is 1.59 bits per heavy atom. The zero-order chi connectivity index (χ0) is 20.2. The smallest absolute Gasteiger partial charge is 0.240 e. The van der Waals surface area contributed by atoms with E-state index >= 15 is 0 Å². The zero-order valence-electron chi connectivity index (χ0n) is 16.6. The van der Waals surface area contributed by atoms with E-state index in [1.54, 1.807) is 46.5 Å². The fourth-order valence-electron chi connectivity index (χ4n) is 2.76. The van der Waals surface area contributed by atoms with Gasteiger partial charge in [-0.15, -0.1) is 0 Å². The summed E-state index contributed by atoms with van der Waals surface area (Å²) in [6.45, 7) is 5.92. The van der Waals surface area contributed by atoms with Crippen molar-refractivity contribution >= 4 is 10.0 Å². The Bertz CT molecular complexity index is 907. The quantitative estimate of drug-likeness (QED) is 0.745. The van der Waals surface area contributed by atoms with Crippen molar-refractivity contribution in [3.05, 3.63) is 47.5 Å². The summed E-state index contributed by atoms with van der Waals surface area (Å²) in [5, 5.41) is 0. The van der Waals surface area contributed by atoms with Gasteiger partial charge in [0.25, 0.3) is 0 Å². The number of sulfonamides is 1. The molecule has 0 bridgehead atoms. The zero-order valence-corrected chi connectivity index (χ0v) is 17.4. The molecule has 2 aromatic carbocycles. The average molecular weight is 394 g/mol. The average Bonchev–Trinajstić information content (AvgIpc) is 2.65. The first-order valence-corrected chi connectivity index (χ1v) is 10.00. The van der Waals surface area contributed by atoms with E-state index in [9.17, 15) is 8.42 Å². The van der Waals surface area contributed by atoms with Crippen molar-refractivity contribution in [3.63, 3.8) is 0 Å². The molecular formula is C20H27NO5S. The minimum Gasteiger partial charge on any atom is -0.497 e. The minimum absolute atomic E-state index is 0.232. The third-order valence-corrected chi connectivity index (χ3v) is 6.10. The molecule has 0 radical (unpaired) electrons. The molecule has 0 atom stereocenters. The fraction of sp³-hybridized carbons (Fsp3) is 0.400. The van der Waals surface area contributed by atoms with Gasteiger partial charge < -0.3 is 14.2 Å². The minimum atomic E-state index is -3.65. The van der Waals surface area contributed by atoms with Crippen LogP contribution in [0.25, 0.3) is 0 Å². The highest BCUT2D eigenvalue weighted by molar-refractivity contribution is 7.89. The second-order valence-electron chi connectivity index (χ2n) is 6.91. The van der Waals surface area contributed by atoms with E-state index in [0.717, 1.165) is 5.56 Å². The number of methoxy groups -OCH3 is 3. The highest BCUT2D eigenvalue weighted by Crippen LogP contribution is 2.33. The molecule has 0 aliphatic rings. The Balaban J connectivity index is 2.23. The first kappa shape index (κ1) is 21.1. The molecular weight excluding hydrogens is 366 g/mol. The lowest BCUT2D eigenvalue weighted by atomic mass is 9.85. The maximum Gasteiger partial charge on any atom is 0.240 e. The van der Waals surface area contributed by atoms with Gasteiger partial charge in [-0.05, 0) is 48.4 Å². The molecule has 1 N–H and O–H groups in total. The molecule has 6 nitrogen and oxygen atoms in total. The standard InChI is InChI=1S/C20H27NO5S/c1-14-11-16(24-4)8-10-19(14)27(22,23)21-13-20(2,3)15-7-9-17(25-5)18(12-15)26-6/h7-12,21H,13H2,1-6H3. The molecule has 0 saturated heterocycles. The van der Waals surface area contributed by atoms with Gasteiger partial charge >= 0.3 is 0 Å². The van der Waals surface area contributed by atoms with E-state index < -0.39 is 15.4 Å². The van der Waals surface area contributed by atoms with Crippen LogP contribution in [-0.2, 0) is 15.4 Å². The molecule has 0 aromatic heterocycles. The van der Waals surface area contributed by atoms with Crippen LogP contribution in [0.15, 0.2) is 41.3 Å². The van der Waals surface area contributed by atoms with Crippen molar-refractivity contribution < 1.29 is 22.6 Å². The number of rotatable bonds is 8. The Morgan fingerprint density at radius 1 is 0.926 bits per heavy atom. The predicted octanol–water partition coefficient (Wildman–Crippen LogP) is 3.28. The number of aryl methyl sites for hydroxylation is 1. The number of hydrogen-bond acceptors (Lipinski definition) is 5. The van der Waals surface area contributed by atoms with Gasteiger partial charge in [0.1, 0.15) is 5.75 Å². The fourth-order valence-corrected chi connectivity index (χ4v) is 4.20. The Kier molecular flexibility index (Phi) is 6.38. The molecule has 0 fully saturated rings. The van der Waals surface area contributed by atoms with E-state index in [-0.39, 0.29) is 11.4 Å².